The number of rotatable bonds is 6. The fourth-order valence-electron chi connectivity index (χ4n) is 2.08. The summed E-state index contributed by atoms with van der Waals surface area (Å²) in [4.78, 5) is 24.1. The molecule has 0 radical (unpaired) electrons. The Morgan fingerprint density at radius 3 is 1.81 bits per heavy atom. The summed E-state index contributed by atoms with van der Waals surface area (Å²) in [5.41, 5.74) is 3.14. The number of ketones is 2. The maximum atomic E-state index is 12.1. The number of aryl methyl sites for hydroxylation is 1. The number of benzene rings is 2. The standard InChI is InChI=1S/C18H18O3/c1-13-2-6-15(7-3-13)17(20)12-18(21)16-8-4-14(5-9-16)10-11-19/h2-9,19H,10-12H2,1H3. The molecule has 0 spiro atoms. The molecule has 0 aliphatic rings. The summed E-state index contributed by atoms with van der Waals surface area (Å²) in [5.74, 6) is -0.351. The second-order valence-electron chi connectivity index (χ2n) is 5.06. The summed E-state index contributed by atoms with van der Waals surface area (Å²) in [7, 11) is 0. The monoisotopic (exact) mass is 282 g/mol. The van der Waals surface area contributed by atoms with E-state index in [1.165, 1.54) is 0 Å². The van der Waals surface area contributed by atoms with Crippen molar-refractivity contribution in [2.45, 2.75) is 19.8 Å². The van der Waals surface area contributed by atoms with Gasteiger partial charge in [-0.2, -0.15) is 0 Å². The van der Waals surface area contributed by atoms with Crippen LogP contribution in [-0.4, -0.2) is 23.3 Å². The first-order chi connectivity index (χ1) is 10.1. The normalized spacial score (nSPS) is 10.4. The first-order valence-electron chi connectivity index (χ1n) is 6.93. The zero-order valence-corrected chi connectivity index (χ0v) is 12.0. The lowest BCUT2D eigenvalue weighted by Gasteiger charge is -2.03. The number of carbonyl (C=O) groups is 2. The predicted molar refractivity (Wildman–Crippen MR) is 81.7 cm³/mol. The van der Waals surface area contributed by atoms with E-state index >= 15 is 0 Å². The molecule has 108 valence electrons. The van der Waals surface area contributed by atoms with Crippen molar-refractivity contribution in [3.8, 4) is 0 Å². The molecule has 2 aromatic carbocycles. The molecule has 0 aliphatic heterocycles. The van der Waals surface area contributed by atoms with E-state index in [2.05, 4.69) is 0 Å². The fraction of sp³-hybridized carbons (Fsp3) is 0.222. The molecule has 0 amide bonds. The van der Waals surface area contributed by atoms with Crippen molar-refractivity contribution in [2.24, 2.45) is 0 Å². The SMILES string of the molecule is Cc1ccc(C(=O)CC(=O)c2ccc(CCO)cc2)cc1. The molecule has 1 N–H and O–H groups in total. The highest BCUT2D eigenvalue weighted by Gasteiger charge is 2.13. The molecule has 0 saturated heterocycles. The van der Waals surface area contributed by atoms with E-state index in [1.54, 1.807) is 36.4 Å². The summed E-state index contributed by atoms with van der Waals surface area (Å²) in [6.07, 6.45) is 0.444. The van der Waals surface area contributed by atoms with Crippen LogP contribution in [0.5, 0.6) is 0 Å². The molecule has 2 aromatic rings. The van der Waals surface area contributed by atoms with Gasteiger partial charge < -0.3 is 5.11 Å². The van der Waals surface area contributed by atoms with E-state index in [4.69, 9.17) is 5.11 Å². The Kier molecular flexibility index (Phi) is 5.01. The van der Waals surface area contributed by atoms with Crippen LogP contribution in [0.25, 0.3) is 0 Å². The lowest BCUT2D eigenvalue weighted by Crippen LogP contribution is -2.08. The number of aliphatic hydroxyl groups is 1. The first-order valence-corrected chi connectivity index (χ1v) is 6.93. The van der Waals surface area contributed by atoms with Crippen LogP contribution in [0.4, 0.5) is 0 Å². The highest BCUT2D eigenvalue weighted by Crippen LogP contribution is 2.11. The van der Waals surface area contributed by atoms with Crippen molar-refractivity contribution in [2.75, 3.05) is 6.61 Å². The van der Waals surface area contributed by atoms with E-state index in [0.29, 0.717) is 17.5 Å². The van der Waals surface area contributed by atoms with Crippen LogP contribution in [-0.2, 0) is 6.42 Å². The van der Waals surface area contributed by atoms with E-state index in [9.17, 15) is 9.59 Å². The largest absolute Gasteiger partial charge is 0.396 e. The Morgan fingerprint density at radius 1 is 0.857 bits per heavy atom. The van der Waals surface area contributed by atoms with Crippen LogP contribution in [0.1, 0.15) is 38.3 Å². The van der Waals surface area contributed by atoms with E-state index in [-0.39, 0.29) is 24.6 Å². The van der Waals surface area contributed by atoms with Crippen LogP contribution in [0.3, 0.4) is 0 Å². The van der Waals surface area contributed by atoms with Gasteiger partial charge in [0.2, 0.25) is 0 Å². The molecule has 21 heavy (non-hydrogen) atoms. The van der Waals surface area contributed by atoms with E-state index in [1.807, 2.05) is 19.1 Å². The molecule has 0 unspecified atom stereocenters. The molecule has 3 heteroatoms. The molecule has 3 nitrogen and oxygen atoms in total. The average Bonchev–Trinajstić information content (AvgIpc) is 2.49. The molecule has 0 bridgehead atoms. The van der Waals surface area contributed by atoms with Gasteiger partial charge in [0.05, 0.1) is 6.42 Å². The zero-order valence-electron chi connectivity index (χ0n) is 12.0. The van der Waals surface area contributed by atoms with E-state index < -0.39 is 0 Å². The average molecular weight is 282 g/mol. The van der Waals surface area contributed by atoms with Gasteiger partial charge in [0.15, 0.2) is 11.6 Å². The fourth-order valence-corrected chi connectivity index (χ4v) is 2.08. The van der Waals surface area contributed by atoms with Crippen molar-refractivity contribution >= 4 is 11.6 Å². The summed E-state index contributed by atoms with van der Waals surface area (Å²) in [5, 5.41) is 8.85. The summed E-state index contributed by atoms with van der Waals surface area (Å²) >= 11 is 0. The van der Waals surface area contributed by atoms with E-state index in [0.717, 1.165) is 11.1 Å². The van der Waals surface area contributed by atoms with Gasteiger partial charge in [-0.25, -0.2) is 0 Å². The number of hydrogen-bond acceptors (Lipinski definition) is 3. The van der Waals surface area contributed by atoms with Gasteiger partial charge in [-0.3, -0.25) is 9.59 Å². The zero-order chi connectivity index (χ0) is 15.2. The summed E-state index contributed by atoms with van der Waals surface area (Å²) in [6.45, 7) is 2.03. The maximum absolute atomic E-state index is 12.1. The van der Waals surface area contributed by atoms with Crippen LogP contribution in [0, 0.1) is 6.92 Å². The number of hydrogen-bond donors (Lipinski definition) is 1. The molecular weight excluding hydrogens is 264 g/mol. The molecule has 0 atom stereocenters. The van der Waals surface area contributed by atoms with Crippen LogP contribution >= 0.6 is 0 Å². The quantitative estimate of drug-likeness (QED) is 0.654. The topological polar surface area (TPSA) is 54.4 Å². The van der Waals surface area contributed by atoms with Crippen LogP contribution in [0.15, 0.2) is 48.5 Å². The molecule has 2 rings (SSSR count). The van der Waals surface area contributed by atoms with Crippen molar-refractivity contribution in [1.82, 2.24) is 0 Å². The van der Waals surface area contributed by atoms with Gasteiger partial charge in [0.25, 0.3) is 0 Å². The first kappa shape index (κ1) is 15.1. The molecule has 0 saturated carbocycles. The summed E-state index contributed by atoms with van der Waals surface area (Å²) in [6, 6.07) is 14.2. The second-order valence-corrected chi connectivity index (χ2v) is 5.06. The Morgan fingerprint density at radius 2 is 1.33 bits per heavy atom. The smallest absolute Gasteiger partial charge is 0.170 e. The minimum atomic E-state index is -0.184. The van der Waals surface area contributed by atoms with Crippen LogP contribution in [0.2, 0.25) is 0 Å². The maximum Gasteiger partial charge on any atom is 0.170 e. The van der Waals surface area contributed by atoms with Gasteiger partial charge in [-0.05, 0) is 18.9 Å². The molecule has 0 aliphatic carbocycles. The Balaban J connectivity index is 2.03. The molecule has 0 heterocycles. The third-order valence-electron chi connectivity index (χ3n) is 3.37. The van der Waals surface area contributed by atoms with Crippen LogP contribution < -0.4 is 0 Å². The van der Waals surface area contributed by atoms with Gasteiger partial charge in [0.1, 0.15) is 0 Å². The molecule has 0 fully saturated rings. The third kappa shape index (κ3) is 4.10. The van der Waals surface area contributed by atoms with Gasteiger partial charge in [0, 0.05) is 17.7 Å². The van der Waals surface area contributed by atoms with Gasteiger partial charge in [-0.1, -0.05) is 54.1 Å². The number of Topliss-reactive ketones (excluding diaryl/α,β-unsaturated/α-hetero) is 2. The Hall–Kier alpha value is -2.26. The minimum Gasteiger partial charge on any atom is -0.396 e. The minimum absolute atomic E-state index is 0.0825. The highest BCUT2D eigenvalue weighted by atomic mass is 16.3. The number of carbonyl (C=O) groups excluding carboxylic acids is 2. The Bertz CT molecular complexity index is 625. The van der Waals surface area contributed by atoms with Crippen molar-refractivity contribution in [3.63, 3.8) is 0 Å². The lowest BCUT2D eigenvalue weighted by atomic mass is 10.00. The molecular formula is C18H18O3. The van der Waals surface area contributed by atoms with Gasteiger partial charge >= 0.3 is 0 Å². The second kappa shape index (κ2) is 6.95. The Labute approximate surface area is 124 Å². The number of aliphatic hydroxyl groups excluding tert-OH is 1. The lowest BCUT2D eigenvalue weighted by molar-refractivity contribution is 0.0894. The van der Waals surface area contributed by atoms with Crippen molar-refractivity contribution < 1.29 is 14.7 Å². The molecule has 0 aromatic heterocycles. The summed E-state index contributed by atoms with van der Waals surface area (Å²) < 4.78 is 0. The predicted octanol–water partition coefficient (Wildman–Crippen LogP) is 2.99. The van der Waals surface area contributed by atoms with Gasteiger partial charge in [-0.15, -0.1) is 0 Å². The third-order valence-corrected chi connectivity index (χ3v) is 3.37. The van der Waals surface area contributed by atoms with Crippen molar-refractivity contribution in [1.29, 1.82) is 0 Å². The van der Waals surface area contributed by atoms with Crippen molar-refractivity contribution in [3.05, 3.63) is 70.8 Å². The highest BCUT2D eigenvalue weighted by molar-refractivity contribution is 6.13.